The zero-order chi connectivity index (χ0) is 17.5. The Labute approximate surface area is 152 Å². The molecule has 1 aliphatic carbocycles. The van der Waals surface area contributed by atoms with Gasteiger partial charge in [0.25, 0.3) is 5.91 Å². The Morgan fingerprint density at radius 1 is 1.08 bits per heavy atom. The lowest BCUT2D eigenvalue weighted by Crippen LogP contribution is -2.34. The number of hydrogen-bond acceptors (Lipinski definition) is 3. The van der Waals surface area contributed by atoms with Crippen LogP contribution in [-0.2, 0) is 11.5 Å². The third kappa shape index (κ3) is 5.36. The number of thioether (sulfide) groups is 1. The molecular formula is C20H24FNO2S. The average Bonchev–Trinajstić information content (AvgIpc) is 2.94. The van der Waals surface area contributed by atoms with Crippen molar-refractivity contribution in [2.24, 2.45) is 0 Å². The Morgan fingerprint density at radius 3 is 2.60 bits per heavy atom. The quantitative estimate of drug-likeness (QED) is 0.710. The van der Waals surface area contributed by atoms with Gasteiger partial charge in [-0.05, 0) is 36.6 Å². The van der Waals surface area contributed by atoms with Gasteiger partial charge in [-0.3, -0.25) is 4.79 Å². The van der Waals surface area contributed by atoms with Crippen LogP contribution in [0.2, 0.25) is 0 Å². The zero-order valence-electron chi connectivity index (χ0n) is 14.3. The Morgan fingerprint density at radius 2 is 1.84 bits per heavy atom. The van der Waals surface area contributed by atoms with E-state index in [0.29, 0.717) is 22.8 Å². The van der Waals surface area contributed by atoms with Gasteiger partial charge in [-0.25, -0.2) is 4.39 Å². The highest BCUT2D eigenvalue weighted by molar-refractivity contribution is 7.97. The first-order chi connectivity index (χ1) is 12.2. The van der Waals surface area contributed by atoms with Gasteiger partial charge in [0.2, 0.25) is 0 Å². The van der Waals surface area contributed by atoms with Crippen molar-refractivity contribution in [2.45, 2.75) is 56.1 Å². The van der Waals surface area contributed by atoms with E-state index in [1.807, 2.05) is 12.1 Å². The summed E-state index contributed by atoms with van der Waals surface area (Å²) in [5.41, 5.74) is 0.686. The molecule has 134 valence electrons. The lowest BCUT2D eigenvalue weighted by Gasteiger charge is -2.14. The predicted octanol–water partition coefficient (Wildman–Crippen LogP) is 5.30. The van der Waals surface area contributed by atoms with E-state index in [-0.39, 0.29) is 17.8 Å². The summed E-state index contributed by atoms with van der Waals surface area (Å²) in [6.45, 7) is 0. The summed E-state index contributed by atoms with van der Waals surface area (Å²) in [6, 6.07) is 10.6. The number of amides is 1. The first-order valence-electron chi connectivity index (χ1n) is 8.93. The topological polar surface area (TPSA) is 42.2 Å². The minimum Gasteiger partial charge on any atom is -0.455 e. The number of benzene rings is 1. The highest BCUT2D eigenvalue weighted by Crippen LogP contribution is 2.22. The van der Waals surface area contributed by atoms with Crippen LogP contribution in [0.1, 0.15) is 60.4 Å². The van der Waals surface area contributed by atoms with Gasteiger partial charge in [-0.1, -0.05) is 43.9 Å². The van der Waals surface area contributed by atoms with Crippen LogP contribution in [0, 0.1) is 5.82 Å². The molecule has 0 spiro atoms. The summed E-state index contributed by atoms with van der Waals surface area (Å²) in [7, 11) is 0. The van der Waals surface area contributed by atoms with E-state index in [1.54, 1.807) is 30.0 Å². The van der Waals surface area contributed by atoms with Crippen LogP contribution in [0.25, 0.3) is 0 Å². The largest absolute Gasteiger partial charge is 0.455 e. The van der Waals surface area contributed by atoms with E-state index in [9.17, 15) is 9.18 Å². The predicted molar refractivity (Wildman–Crippen MR) is 99.1 cm³/mol. The molecule has 1 aromatic carbocycles. The molecule has 1 saturated carbocycles. The van der Waals surface area contributed by atoms with Gasteiger partial charge < -0.3 is 9.73 Å². The van der Waals surface area contributed by atoms with E-state index in [0.717, 1.165) is 18.6 Å². The van der Waals surface area contributed by atoms with Gasteiger partial charge in [0.1, 0.15) is 11.6 Å². The summed E-state index contributed by atoms with van der Waals surface area (Å²) in [5, 5.41) is 3.09. The standard InChI is InChI=1S/C20H24FNO2S/c21-18-10-6-5-7-15(18)13-25-14-17-11-12-19(24-17)20(23)22-16-8-3-1-2-4-9-16/h5-7,10-12,16H,1-4,8-9,13-14H2,(H,22,23). The number of furan rings is 1. The van der Waals surface area contributed by atoms with Crippen LogP contribution in [0.4, 0.5) is 4.39 Å². The molecule has 5 heteroatoms. The second-order valence-electron chi connectivity index (χ2n) is 6.51. The van der Waals surface area contributed by atoms with Crippen molar-refractivity contribution in [1.82, 2.24) is 5.32 Å². The molecular weight excluding hydrogens is 337 g/mol. The second kappa shape index (κ2) is 9.09. The van der Waals surface area contributed by atoms with Crippen molar-refractivity contribution in [1.29, 1.82) is 0 Å². The van der Waals surface area contributed by atoms with Crippen LogP contribution >= 0.6 is 11.8 Å². The molecule has 1 amide bonds. The molecule has 3 nitrogen and oxygen atoms in total. The molecule has 0 bridgehead atoms. The molecule has 1 fully saturated rings. The fourth-order valence-corrected chi connectivity index (χ4v) is 4.05. The van der Waals surface area contributed by atoms with E-state index in [4.69, 9.17) is 4.42 Å². The normalized spacial score (nSPS) is 15.7. The number of halogens is 1. The SMILES string of the molecule is O=C(NC1CCCCCC1)c1ccc(CSCc2ccccc2F)o1. The molecule has 0 aliphatic heterocycles. The number of carbonyl (C=O) groups excluding carboxylic acids is 1. The van der Waals surface area contributed by atoms with Crippen LogP contribution < -0.4 is 5.32 Å². The summed E-state index contributed by atoms with van der Waals surface area (Å²) < 4.78 is 19.2. The highest BCUT2D eigenvalue weighted by atomic mass is 32.2. The van der Waals surface area contributed by atoms with Gasteiger partial charge >= 0.3 is 0 Å². The minimum atomic E-state index is -0.182. The van der Waals surface area contributed by atoms with Gasteiger partial charge in [0, 0.05) is 11.8 Å². The molecule has 3 rings (SSSR count). The Bertz CT molecular complexity index is 693. The second-order valence-corrected chi connectivity index (χ2v) is 7.50. The van der Waals surface area contributed by atoms with E-state index in [2.05, 4.69) is 5.32 Å². The van der Waals surface area contributed by atoms with Crippen molar-refractivity contribution >= 4 is 17.7 Å². The van der Waals surface area contributed by atoms with Crippen molar-refractivity contribution in [3.05, 3.63) is 59.3 Å². The number of carbonyl (C=O) groups is 1. The van der Waals surface area contributed by atoms with Crippen LogP contribution in [0.15, 0.2) is 40.8 Å². The first-order valence-corrected chi connectivity index (χ1v) is 10.1. The first kappa shape index (κ1) is 18.1. The van der Waals surface area contributed by atoms with Crippen molar-refractivity contribution in [3.8, 4) is 0 Å². The molecule has 1 aliphatic rings. The maximum atomic E-state index is 13.6. The van der Waals surface area contributed by atoms with Crippen LogP contribution in [-0.4, -0.2) is 11.9 Å². The Hall–Kier alpha value is -1.75. The van der Waals surface area contributed by atoms with Gasteiger partial charge in [-0.2, -0.15) is 0 Å². The molecule has 0 radical (unpaired) electrons. The van der Waals surface area contributed by atoms with E-state index >= 15 is 0 Å². The fraction of sp³-hybridized carbons (Fsp3) is 0.450. The van der Waals surface area contributed by atoms with Crippen molar-refractivity contribution in [2.75, 3.05) is 0 Å². The molecule has 1 aromatic heterocycles. The molecule has 1 N–H and O–H groups in total. The summed E-state index contributed by atoms with van der Waals surface area (Å²) >= 11 is 1.57. The molecule has 25 heavy (non-hydrogen) atoms. The Balaban J connectivity index is 1.48. The van der Waals surface area contributed by atoms with Crippen LogP contribution in [0.5, 0.6) is 0 Å². The third-order valence-corrected chi connectivity index (χ3v) is 5.54. The molecule has 2 aromatic rings. The van der Waals surface area contributed by atoms with Crippen LogP contribution in [0.3, 0.4) is 0 Å². The van der Waals surface area contributed by atoms with Gasteiger partial charge in [0.05, 0.1) is 5.75 Å². The van der Waals surface area contributed by atoms with Crippen molar-refractivity contribution in [3.63, 3.8) is 0 Å². The lowest BCUT2D eigenvalue weighted by atomic mass is 10.1. The highest BCUT2D eigenvalue weighted by Gasteiger charge is 2.18. The maximum absolute atomic E-state index is 13.6. The number of rotatable bonds is 6. The van der Waals surface area contributed by atoms with Gasteiger partial charge in [0.15, 0.2) is 5.76 Å². The molecule has 1 heterocycles. The number of hydrogen-bond donors (Lipinski definition) is 1. The smallest absolute Gasteiger partial charge is 0.287 e. The summed E-state index contributed by atoms with van der Waals surface area (Å²) in [5.74, 6) is 2.00. The van der Waals surface area contributed by atoms with E-state index < -0.39 is 0 Å². The maximum Gasteiger partial charge on any atom is 0.287 e. The fourth-order valence-electron chi connectivity index (χ4n) is 3.13. The summed E-state index contributed by atoms with van der Waals surface area (Å²) in [6.07, 6.45) is 6.99. The van der Waals surface area contributed by atoms with Gasteiger partial charge in [-0.15, -0.1) is 11.8 Å². The summed E-state index contributed by atoms with van der Waals surface area (Å²) in [4.78, 5) is 12.3. The van der Waals surface area contributed by atoms with E-state index in [1.165, 1.54) is 31.7 Å². The lowest BCUT2D eigenvalue weighted by molar-refractivity contribution is 0.0904. The monoisotopic (exact) mass is 361 g/mol. The molecule has 0 unspecified atom stereocenters. The Kier molecular flexibility index (Phi) is 6.56. The molecule has 0 atom stereocenters. The third-order valence-electron chi connectivity index (χ3n) is 4.54. The molecule has 0 saturated heterocycles. The zero-order valence-corrected chi connectivity index (χ0v) is 15.1. The average molecular weight is 361 g/mol. The number of nitrogens with one attached hydrogen (secondary N) is 1. The minimum absolute atomic E-state index is 0.128. The van der Waals surface area contributed by atoms with Crippen molar-refractivity contribution < 1.29 is 13.6 Å².